The van der Waals surface area contributed by atoms with Crippen molar-refractivity contribution in [2.45, 2.75) is 30.5 Å². The first kappa shape index (κ1) is 15.5. The normalized spacial score (nSPS) is 13.3. The number of nitrogens with one attached hydrogen (secondary N) is 1. The number of benzene rings is 1. The van der Waals surface area contributed by atoms with E-state index in [9.17, 15) is 8.42 Å². The van der Waals surface area contributed by atoms with Crippen LogP contribution < -0.4 is 4.72 Å². The second kappa shape index (κ2) is 6.26. The molecule has 2 aromatic rings. The van der Waals surface area contributed by atoms with Crippen molar-refractivity contribution in [1.82, 2.24) is 4.72 Å². The van der Waals surface area contributed by atoms with Crippen LogP contribution in [0.4, 0.5) is 0 Å². The molecule has 0 saturated carbocycles. The Labute approximate surface area is 128 Å². The van der Waals surface area contributed by atoms with Crippen LogP contribution in [-0.2, 0) is 10.0 Å². The van der Waals surface area contributed by atoms with Gasteiger partial charge in [-0.15, -0.1) is 11.3 Å². The molecule has 0 radical (unpaired) electrons. The zero-order chi connectivity index (χ0) is 14.8. The van der Waals surface area contributed by atoms with Gasteiger partial charge in [-0.05, 0) is 31.0 Å². The third-order valence-electron chi connectivity index (χ3n) is 3.00. The van der Waals surface area contributed by atoms with Gasteiger partial charge in [-0.25, -0.2) is 13.1 Å². The van der Waals surface area contributed by atoms with Crippen LogP contribution in [0.5, 0.6) is 0 Å². The fraction of sp³-hybridized carbons (Fsp3) is 0.286. The van der Waals surface area contributed by atoms with E-state index in [1.807, 2.05) is 38.1 Å². The van der Waals surface area contributed by atoms with Crippen molar-refractivity contribution in [2.24, 2.45) is 0 Å². The Morgan fingerprint density at radius 1 is 1.20 bits per heavy atom. The minimum atomic E-state index is -3.52. The highest BCUT2D eigenvalue weighted by molar-refractivity contribution is 7.91. The summed E-state index contributed by atoms with van der Waals surface area (Å²) in [5, 5.41) is 0. The van der Waals surface area contributed by atoms with Crippen molar-refractivity contribution in [3.8, 4) is 0 Å². The van der Waals surface area contributed by atoms with Crippen LogP contribution in [0.1, 0.15) is 30.5 Å². The number of thiophene rings is 1. The first-order chi connectivity index (χ1) is 9.42. The quantitative estimate of drug-likeness (QED) is 0.896. The van der Waals surface area contributed by atoms with Gasteiger partial charge >= 0.3 is 0 Å². The molecule has 0 aliphatic carbocycles. The number of rotatable bonds is 5. The summed E-state index contributed by atoms with van der Waals surface area (Å²) >= 11 is 6.86. The van der Waals surface area contributed by atoms with Gasteiger partial charge in [-0.2, -0.15) is 0 Å². The van der Waals surface area contributed by atoms with Gasteiger partial charge in [-0.3, -0.25) is 0 Å². The number of sulfonamides is 1. The number of hydrogen-bond donors (Lipinski definition) is 1. The van der Waals surface area contributed by atoms with E-state index in [0.717, 1.165) is 22.5 Å². The van der Waals surface area contributed by atoms with Crippen LogP contribution in [0.3, 0.4) is 0 Å². The van der Waals surface area contributed by atoms with Gasteiger partial charge in [-0.1, -0.05) is 48.4 Å². The van der Waals surface area contributed by atoms with E-state index in [4.69, 9.17) is 11.6 Å². The molecule has 0 fully saturated rings. The average Bonchev–Trinajstić information content (AvgIpc) is 2.85. The Morgan fingerprint density at radius 3 is 2.35 bits per heavy atom. The molecule has 0 spiro atoms. The summed E-state index contributed by atoms with van der Waals surface area (Å²) in [6.07, 6.45) is 0.682. The summed E-state index contributed by atoms with van der Waals surface area (Å²) in [6, 6.07) is 10.7. The maximum Gasteiger partial charge on any atom is 0.250 e. The Bertz CT molecular complexity index is 677. The maximum atomic E-state index is 12.3. The molecule has 6 heteroatoms. The Kier molecular flexibility index (Phi) is 4.86. The summed E-state index contributed by atoms with van der Waals surface area (Å²) < 4.78 is 28.0. The van der Waals surface area contributed by atoms with Crippen LogP contribution in [0.25, 0.3) is 0 Å². The second-order valence-corrected chi connectivity index (χ2v) is 8.21. The predicted octanol–water partition coefficient (Wildman–Crippen LogP) is 4.14. The van der Waals surface area contributed by atoms with Crippen molar-refractivity contribution >= 4 is 33.0 Å². The molecule has 1 atom stereocenters. The number of aryl methyl sites for hydroxylation is 1. The minimum absolute atomic E-state index is 0.235. The lowest BCUT2D eigenvalue weighted by Crippen LogP contribution is -2.27. The van der Waals surface area contributed by atoms with Crippen LogP contribution in [0.2, 0.25) is 4.34 Å². The molecule has 1 unspecified atom stereocenters. The van der Waals surface area contributed by atoms with E-state index < -0.39 is 10.0 Å². The lowest BCUT2D eigenvalue weighted by Gasteiger charge is -2.17. The van der Waals surface area contributed by atoms with Crippen LogP contribution in [0.15, 0.2) is 40.6 Å². The van der Waals surface area contributed by atoms with Gasteiger partial charge < -0.3 is 0 Å². The number of halogens is 1. The summed E-state index contributed by atoms with van der Waals surface area (Å²) in [5.41, 5.74) is 2.11. The summed E-state index contributed by atoms with van der Waals surface area (Å²) in [4.78, 5) is 0. The molecule has 20 heavy (non-hydrogen) atoms. The lowest BCUT2D eigenvalue weighted by molar-refractivity contribution is 0.552. The SMILES string of the molecule is CCC(NS(=O)(=O)c1ccc(Cl)s1)c1ccc(C)cc1. The molecule has 0 bridgehead atoms. The highest BCUT2D eigenvalue weighted by Gasteiger charge is 2.21. The van der Waals surface area contributed by atoms with Crippen molar-refractivity contribution in [1.29, 1.82) is 0 Å². The third kappa shape index (κ3) is 3.61. The van der Waals surface area contributed by atoms with Gasteiger partial charge in [0.25, 0.3) is 10.0 Å². The standard InChI is InChI=1S/C14H16ClNO2S2/c1-3-12(11-6-4-10(2)5-7-11)16-20(17,18)14-9-8-13(15)19-14/h4-9,12,16H,3H2,1-2H3. The van der Waals surface area contributed by atoms with E-state index in [1.54, 1.807) is 6.07 Å². The molecule has 0 amide bonds. The summed E-state index contributed by atoms with van der Waals surface area (Å²) in [6.45, 7) is 3.96. The fourth-order valence-electron chi connectivity index (χ4n) is 1.87. The molecule has 1 aromatic carbocycles. The molecular formula is C14H16ClNO2S2. The second-order valence-electron chi connectivity index (χ2n) is 4.55. The molecule has 2 rings (SSSR count). The Morgan fingerprint density at radius 2 is 1.85 bits per heavy atom. The van der Waals surface area contributed by atoms with Crippen molar-refractivity contribution in [3.63, 3.8) is 0 Å². The van der Waals surface area contributed by atoms with E-state index >= 15 is 0 Å². The highest BCUT2D eigenvalue weighted by Crippen LogP contribution is 2.27. The van der Waals surface area contributed by atoms with Crippen LogP contribution >= 0.6 is 22.9 Å². The number of hydrogen-bond acceptors (Lipinski definition) is 3. The van der Waals surface area contributed by atoms with Gasteiger partial charge in [0.05, 0.1) is 4.34 Å². The van der Waals surface area contributed by atoms with Crippen LogP contribution in [-0.4, -0.2) is 8.42 Å². The van der Waals surface area contributed by atoms with Gasteiger partial charge in [0.2, 0.25) is 0 Å². The van der Waals surface area contributed by atoms with E-state index in [2.05, 4.69) is 4.72 Å². The maximum absolute atomic E-state index is 12.3. The molecular weight excluding hydrogens is 314 g/mol. The van der Waals surface area contributed by atoms with E-state index in [0.29, 0.717) is 10.8 Å². The minimum Gasteiger partial charge on any atom is -0.206 e. The Hall–Kier alpha value is -0.880. The molecule has 3 nitrogen and oxygen atoms in total. The average molecular weight is 330 g/mol. The topological polar surface area (TPSA) is 46.2 Å². The molecule has 1 heterocycles. The largest absolute Gasteiger partial charge is 0.250 e. The molecule has 0 aliphatic rings. The zero-order valence-electron chi connectivity index (χ0n) is 11.3. The van der Waals surface area contributed by atoms with Crippen molar-refractivity contribution < 1.29 is 8.42 Å². The Balaban J connectivity index is 2.24. The zero-order valence-corrected chi connectivity index (χ0v) is 13.6. The highest BCUT2D eigenvalue weighted by atomic mass is 35.5. The summed E-state index contributed by atoms with van der Waals surface area (Å²) in [5.74, 6) is 0. The van der Waals surface area contributed by atoms with Crippen LogP contribution in [0, 0.1) is 6.92 Å². The van der Waals surface area contributed by atoms with Crippen molar-refractivity contribution in [2.75, 3.05) is 0 Å². The van der Waals surface area contributed by atoms with E-state index in [-0.39, 0.29) is 10.3 Å². The van der Waals surface area contributed by atoms with Gasteiger partial charge in [0.1, 0.15) is 4.21 Å². The fourth-order valence-corrected chi connectivity index (χ4v) is 4.68. The molecule has 0 saturated heterocycles. The molecule has 108 valence electrons. The molecule has 1 N–H and O–H groups in total. The predicted molar refractivity (Wildman–Crippen MR) is 83.9 cm³/mol. The first-order valence-electron chi connectivity index (χ1n) is 6.26. The third-order valence-corrected chi connectivity index (χ3v) is 6.19. The lowest BCUT2D eigenvalue weighted by atomic mass is 10.0. The van der Waals surface area contributed by atoms with Gasteiger partial charge in [0, 0.05) is 6.04 Å². The first-order valence-corrected chi connectivity index (χ1v) is 8.94. The summed E-state index contributed by atoms with van der Waals surface area (Å²) in [7, 11) is -3.52. The molecule has 0 aliphatic heterocycles. The van der Waals surface area contributed by atoms with E-state index in [1.165, 1.54) is 6.07 Å². The van der Waals surface area contributed by atoms with Crippen molar-refractivity contribution in [3.05, 3.63) is 51.9 Å². The monoisotopic (exact) mass is 329 g/mol. The molecule has 1 aromatic heterocycles. The smallest absolute Gasteiger partial charge is 0.206 e. The van der Waals surface area contributed by atoms with Gasteiger partial charge in [0.15, 0.2) is 0 Å².